The Kier molecular flexibility index (Phi) is 6.86. The number of terminal acetylenes is 1. The third kappa shape index (κ3) is 5.46. The number of imidazole rings is 1. The second-order valence-electron chi connectivity index (χ2n) is 6.90. The highest BCUT2D eigenvalue weighted by atomic mass is 32.2. The topological polar surface area (TPSA) is 172 Å². The standard InChI is InChI=1S/C19H22N8O4S2/c1-2-12-9-13-14(31-8-7-30-13)10-15(12)32-19-26-16-17(20)23-11-24-18(16)27(19)6-5-22-3-4-25-33(21,28)29/h1,9-11,22,25H,3-8H2,(H2,20,23,24)(H2,21,28,29). The number of benzene rings is 1. The number of nitrogens with one attached hydrogen (secondary N) is 2. The second kappa shape index (κ2) is 9.81. The summed E-state index contributed by atoms with van der Waals surface area (Å²) in [6, 6.07) is 3.61. The molecule has 0 unspecified atom stereocenters. The molecule has 3 heterocycles. The van der Waals surface area contributed by atoms with Gasteiger partial charge in [-0.1, -0.05) is 17.7 Å². The van der Waals surface area contributed by atoms with E-state index in [0.717, 1.165) is 4.90 Å². The van der Waals surface area contributed by atoms with Crippen LogP contribution in [0.5, 0.6) is 11.5 Å². The van der Waals surface area contributed by atoms with Gasteiger partial charge in [-0.2, -0.15) is 8.42 Å². The molecule has 6 N–H and O–H groups in total. The molecule has 4 rings (SSSR count). The van der Waals surface area contributed by atoms with Crippen LogP contribution in [0.2, 0.25) is 0 Å². The number of anilines is 1. The zero-order chi connectivity index (χ0) is 23.4. The number of nitrogen functional groups attached to an aromatic ring is 1. The Morgan fingerprint density at radius 1 is 1.18 bits per heavy atom. The van der Waals surface area contributed by atoms with Crippen LogP contribution in [0, 0.1) is 12.3 Å². The van der Waals surface area contributed by atoms with Crippen LogP contribution >= 0.6 is 11.8 Å². The molecule has 3 aromatic rings. The first kappa shape index (κ1) is 23.1. The predicted molar refractivity (Wildman–Crippen MR) is 123 cm³/mol. The summed E-state index contributed by atoms with van der Waals surface area (Å²) in [6.45, 7) is 2.49. The predicted octanol–water partition coefficient (Wildman–Crippen LogP) is -0.305. The third-order valence-electron chi connectivity index (χ3n) is 4.64. The van der Waals surface area contributed by atoms with E-state index in [0.29, 0.717) is 66.2 Å². The quantitative estimate of drug-likeness (QED) is 0.230. The summed E-state index contributed by atoms with van der Waals surface area (Å²) in [5, 5.41) is 8.69. The molecular formula is C19H22N8O4S2. The third-order valence-corrected chi connectivity index (χ3v) is 6.30. The minimum absolute atomic E-state index is 0.170. The Bertz CT molecular complexity index is 1320. The van der Waals surface area contributed by atoms with Crippen molar-refractivity contribution in [1.29, 1.82) is 0 Å². The Labute approximate surface area is 194 Å². The van der Waals surface area contributed by atoms with Crippen molar-refractivity contribution in [2.45, 2.75) is 16.6 Å². The van der Waals surface area contributed by atoms with Crippen molar-refractivity contribution in [2.24, 2.45) is 5.14 Å². The first-order valence-electron chi connectivity index (χ1n) is 9.88. The molecule has 33 heavy (non-hydrogen) atoms. The first-order chi connectivity index (χ1) is 15.9. The molecule has 0 spiro atoms. The maximum atomic E-state index is 11.0. The van der Waals surface area contributed by atoms with E-state index in [1.807, 2.05) is 10.6 Å². The first-order valence-corrected chi connectivity index (χ1v) is 12.2. The molecule has 0 amide bonds. The second-order valence-corrected chi connectivity index (χ2v) is 9.29. The number of rotatable bonds is 9. The number of nitrogens with zero attached hydrogens (tertiary/aromatic N) is 4. The largest absolute Gasteiger partial charge is 0.486 e. The van der Waals surface area contributed by atoms with Gasteiger partial charge >= 0.3 is 0 Å². The lowest BCUT2D eigenvalue weighted by Crippen LogP contribution is -2.36. The van der Waals surface area contributed by atoms with Crippen molar-refractivity contribution in [1.82, 2.24) is 29.6 Å². The molecule has 0 fully saturated rings. The van der Waals surface area contributed by atoms with Crippen LogP contribution in [0.25, 0.3) is 11.2 Å². The molecule has 0 saturated heterocycles. The molecule has 14 heteroatoms. The fourth-order valence-corrected chi connectivity index (χ4v) is 4.58. The van der Waals surface area contributed by atoms with E-state index in [4.69, 9.17) is 26.8 Å². The van der Waals surface area contributed by atoms with Crippen LogP contribution in [-0.2, 0) is 16.8 Å². The van der Waals surface area contributed by atoms with Crippen LogP contribution in [0.4, 0.5) is 5.82 Å². The molecule has 1 aliphatic heterocycles. The zero-order valence-electron chi connectivity index (χ0n) is 17.4. The summed E-state index contributed by atoms with van der Waals surface area (Å²) in [7, 11) is -3.72. The van der Waals surface area contributed by atoms with Crippen molar-refractivity contribution in [3.63, 3.8) is 0 Å². The normalized spacial score (nSPS) is 13.2. The van der Waals surface area contributed by atoms with E-state index in [-0.39, 0.29) is 12.4 Å². The average Bonchev–Trinajstić information content (AvgIpc) is 3.13. The van der Waals surface area contributed by atoms with Crippen molar-refractivity contribution < 1.29 is 17.9 Å². The van der Waals surface area contributed by atoms with Crippen molar-refractivity contribution in [3.8, 4) is 23.8 Å². The maximum Gasteiger partial charge on any atom is 0.274 e. The summed E-state index contributed by atoms with van der Waals surface area (Å²) >= 11 is 1.36. The Balaban J connectivity index is 1.58. The van der Waals surface area contributed by atoms with Crippen molar-refractivity contribution in [2.75, 3.05) is 38.6 Å². The van der Waals surface area contributed by atoms with E-state index in [2.05, 4.69) is 30.9 Å². The number of nitrogens with two attached hydrogens (primary N) is 2. The van der Waals surface area contributed by atoms with E-state index in [1.165, 1.54) is 18.1 Å². The van der Waals surface area contributed by atoms with Gasteiger partial charge in [0.2, 0.25) is 0 Å². The van der Waals surface area contributed by atoms with Crippen molar-refractivity contribution in [3.05, 3.63) is 24.0 Å². The maximum absolute atomic E-state index is 11.0. The van der Waals surface area contributed by atoms with E-state index < -0.39 is 10.2 Å². The summed E-state index contributed by atoms with van der Waals surface area (Å²) < 4.78 is 37.3. The van der Waals surface area contributed by atoms with Gasteiger partial charge < -0.3 is 25.1 Å². The zero-order valence-corrected chi connectivity index (χ0v) is 19.1. The monoisotopic (exact) mass is 490 g/mol. The van der Waals surface area contributed by atoms with Crippen LogP contribution in [-0.4, -0.2) is 60.8 Å². The molecule has 0 atom stereocenters. The van der Waals surface area contributed by atoms with Crippen LogP contribution < -0.4 is 30.4 Å². The average molecular weight is 491 g/mol. The summed E-state index contributed by atoms with van der Waals surface area (Å²) in [6.07, 6.45) is 7.11. The van der Waals surface area contributed by atoms with Gasteiger partial charge in [-0.3, -0.25) is 0 Å². The van der Waals surface area contributed by atoms with E-state index in [9.17, 15) is 8.42 Å². The highest BCUT2D eigenvalue weighted by Gasteiger charge is 2.20. The van der Waals surface area contributed by atoms with Gasteiger partial charge in [0.15, 0.2) is 33.6 Å². The Morgan fingerprint density at radius 2 is 1.94 bits per heavy atom. The minimum atomic E-state index is -3.72. The number of aromatic nitrogens is 4. The van der Waals surface area contributed by atoms with Crippen LogP contribution in [0.15, 0.2) is 28.5 Å². The molecule has 1 aromatic carbocycles. The lowest BCUT2D eigenvalue weighted by Gasteiger charge is -2.20. The molecule has 174 valence electrons. The van der Waals surface area contributed by atoms with E-state index in [1.54, 1.807) is 6.07 Å². The molecule has 12 nitrogen and oxygen atoms in total. The van der Waals surface area contributed by atoms with Crippen LogP contribution in [0.1, 0.15) is 5.56 Å². The molecule has 0 bridgehead atoms. The van der Waals surface area contributed by atoms with Gasteiger partial charge in [-0.25, -0.2) is 24.8 Å². The molecule has 0 aliphatic carbocycles. The molecule has 1 aliphatic rings. The fraction of sp³-hybridized carbons (Fsp3) is 0.316. The Morgan fingerprint density at radius 3 is 2.67 bits per heavy atom. The SMILES string of the molecule is C#Cc1cc2c(cc1Sc1nc3c(N)ncnc3n1CCNCCNS(N)(=O)=O)OCCO2. The number of hydrogen-bond donors (Lipinski definition) is 4. The van der Waals surface area contributed by atoms with Crippen molar-refractivity contribution >= 4 is 39.0 Å². The van der Waals surface area contributed by atoms with Gasteiger partial charge in [-0.15, -0.1) is 6.42 Å². The lowest BCUT2D eigenvalue weighted by atomic mass is 10.2. The number of hydrogen-bond acceptors (Lipinski definition) is 10. The van der Waals surface area contributed by atoms with Gasteiger partial charge in [-0.05, 0) is 6.07 Å². The number of ether oxygens (including phenoxy) is 2. The summed E-state index contributed by atoms with van der Waals surface area (Å²) in [4.78, 5) is 13.8. The fourth-order valence-electron chi connectivity index (χ4n) is 3.18. The van der Waals surface area contributed by atoms with E-state index >= 15 is 0 Å². The minimum Gasteiger partial charge on any atom is -0.486 e. The molecular weight excluding hydrogens is 468 g/mol. The van der Waals surface area contributed by atoms with Gasteiger partial charge in [0.05, 0.1) is 0 Å². The smallest absolute Gasteiger partial charge is 0.274 e. The highest BCUT2D eigenvalue weighted by molar-refractivity contribution is 7.99. The van der Waals surface area contributed by atoms with Crippen LogP contribution in [0.3, 0.4) is 0 Å². The van der Waals surface area contributed by atoms with Gasteiger partial charge in [0.1, 0.15) is 19.5 Å². The lowest BCUT2D eigenvalue weighted by molar-refractivity contribution is 0.171. The highest BCUT2D eigenvalue weighted by Crippen LogP contribution is 2.40. The molecule has 0 radical (unpaired) electrons. The van der Waals surface area contributed by atoms with Gasteiger partial charge in [0.25, 0.3) is 10.2 Å². The molecule has 2 aromatic heterocycles. The molecule has 0 saturated carbocycles. The summed E-state index contributed by atoms with van der Waals surface area (Å²) in [5.41, 5.74) is 7.72. The summed E-state index contributed by atoms with van der Waals surface area (Å²) in [5.74, 6) is 4.18. The Hall–Kier alpha value is -3.09. The number of fused-ring (bicyclic) bond motifs is 2. The van der Waals surface area contributed by atoms with Gasteiger partial charge in [0, 0.05) is 42.7 Å².